The van der Waals surface area contributed by atoms with Crippen LogP contribution in [-0.4, -0.2) is 95.1 Å². The number of hydrogen-bond donors (Lipinski definition) is 4. The zero-order valence-corrected chi connectivity index (χ0v) is 32.6. The number of aromatic carboxylic acids is 1. The number of carboxylic acid groups (broad SMARTS) is 1. The van der Waals surface area contributed by atoms with Gasteiger partial charge in [-0.2, -0.15) is 0 Å². The summed E-state index contributed by atoms with van der Waals surface area (Å²) in [6.45, 7) is 4.80. The molecule has 57 heavy (non-hydrogen) atoms. The average molecular weight is 812 g/mol. The summed E-state index contributed by atoms with van der Waals surface area (Å²) < 4.78 is 54.3. The van der Waals surface area contributed by atoms with E-state index in [4.69, 9.17) is 9.47 Å². The molecule has 306 valence electrons. The van der Waals surface area contributed by atoms with Crippen LogP contribution in [0.25, 0.3) is 0 Å². The number of hydrogen-bond acceptors (Lipinski definition) is 10. The summed E-state index contributed by atoms with van der Waals surface area (Å²) >= 11 is 0. The SMILES string of the molecule is CC(C)(C)OC(=O)N[C@H]1CCCCC/C=C\[C@@H]2C[C@@]2(C(=O)NS(=O)(=O)c2ccc(C(=O)O)cc2)NC(=O)C2C[C@@H](OC(=O)N3Cc4cccc(F)c4C3)CN2C1=O. The smallest absolute Gasteiger partial charge is 0.410 e. The first-order chi connectivity index (χ1) is 26.9. The minimum absolute atomic E-state index is 0.0303. The minimum atomic E-state index is -4.53. The molecule has 1 saturated heterocycles. The molecule has 0 aromatic heterocycles. The first kappa shape index (κ1) is 41.1. The van der Waals surface area contributed by atoms with E-state index in [0.29, 0.717) is 36.8 Å². The Hall–Kier alpha value is -5.52. The summed E-state index contributed by atoms with van der Waals surface area (Å²) in [5.41, 5.74) is -1.81. The molecule has 2 aromatic rings. The van der Waals surface area contributed by atoms with Crippen molar-refractivity contribution in [2.45, 2.75) is 113 Å². The van der Waals surface area contributed by atoms with E-state index < -0.39 is 87.0 Å². The van der Waals surface area contributed by atoms with Gasteiger partial charge in [-0.15, -0.1) is 0 Å². The Morgan fingerprint density at radius 1 is 1.02 bits per heavy atom. The number of halogens is 1. The van der Waals surface area contributed by atoms with Crippen LogP contribution in [0.3, 0.4) is 0 Å². The van der Waals surface area contributed by atoms with Crippen molar-refractivity contribution in [3.63, 3.8) is 0 Å². The van der Waals surface area contributed by atoms with Gasteiger partial charge in [0.15, 0.2) is 0 Å². The van der Waals surface area contributed by atoms with E-state index in [2.05, 4.69) is 10.6 Å². The Balaban J connectivity index is 1.26. The number of alkyl carbamates (subject to hydrolysis) is 1. The predicted molar refractivity (Wildman–Crippen MR) is 199 cm³/mol. The lowest BCUT2D eigenvalue weighted by atomic mass is 10.0. The van der Waals surface area contributed by atoms with Crippen LogP contribution in [0.4, 0.5) is 14.0 Å². The van der Waals surface area contributed by atoms with Crippen LogP contribution in [0.5, 0.6) is 0 Å². The van der Waals surface area contributed by atoms with Gasteiger partial charge in [0.2, 0.25) is 11.8 Å². The maximum atomic E-state index is 14.5. The molecular weight excluding hydrogens is 766 g/mol. The predicted octanol–water partition coefficient (Wildman–Crippen LogP) is 3.74. The normalized spacial score (nSPS) is 25.7. The van der Waals surface area contributed by atoms with Gasteiger partial charge in [0, 0.05) is 24.4 Å². The second-order valence-corrected chi connectivity index (χ2v) is 17.5. The number of amides is 5. The van der Waals surface area contributed by atoms with Gasteiger partial charge in [0.25, 0.3) is 15.9 Å². The van der Waals surface area contributed by atoms with Gasteiger partial charge < -0.3 is 30.1 Å². The number of carbonyl (C=O) groups is 6. The van der Waals surface area contributed by atoms with Gasteiger partial charge in [-0.25, -0.2) is 31.9 Å². The molecule has 5 atom stereocenters. The summed E-state index contributed by atoms with van der Waals surface area (Å²) in [7, 11) is -4.53. The first-order valence-electron chi connectivity index (χ1n) is 18.8. The van der Waals surface area contributed by atoms with E-state index in [1.54, 1.807) is 39.0 Å². The number of fused-ring (bicyclic) bond motifs is 3. The third kappa shape index (κ3) is 9.38. The van der Waals surface area contributed by atoms with Crippen LogP contribution < -0.4 is 15.4 Å². The highest BCUT2D eigenvalue weighted by Gasteiger charge is 2.62. The number of nitrogens with one attached hydrogen (secondary N) is 3. The van der Waals surface area contributed by atoms with Gasteiger partial charge in [-0.1, -0.05) is 37.1 Å². The van der Waals surface area contributed by atoms with Gasteiger partial charge >= 0.3 is 18.2 Å². The van der Waals surface area contributed by atoms with Crippen molar-refractivity contribution in [3.8, 4) is 0 Å². The quantitative estimate of drug-likeness (QED) is 0.308. The zero-order valence-electron chi connectivity index (χ0n) is 31.8. The fourth-order valence-corrected chi connectivity index (χ4v) is 8.43. The molecule has 2 aromatic carbocycles. The number of nitrogens with zero attached hydrogens (tertiary/aromatic N) is 2. The summed E-state index contributed by atoms with van der Waals surface area (Å²) in [5, 5.41) is 14.6. The highest BCUT2D eigenvalue weighted by molar-refractivity contribution is 7.90. The van der Waals surface area contributed by atoms with Crippen molar-refractivity contribution in [1.82, 2.24) is 25.2 Å². The lowest BCUT2D eigenvalue weighted by Crippen LogP contribution is -2.58. The molecular formula is C39H46FN5O11S. The maximum absolute atomic E-state index is 14.5. The Bertz CT molecular complexity index is 2090. The molecule has 0 bridgehead atoms. The summed E-state index contributed by atoms with van der Waals surface area (Å²) in [6.07, 6.45) is 3.41. The molecule has 4 aliphatic rings. The number of benzene rings is 2. The average Bonchev–Trinajstić information content (AvgIpc) is 3.42. The van der Waals surface area contributed by atoms with E-state index >= 15 is 0 Å². The van der Waals surface area contributed by atoms with Crippen LogP contribution in [-0.2, 0) is 47.0 Å². The van der Waals surface area contributed by atoms with Crippen molar-refractivity contribution in [2.75, 3.05) is 6.54 Å². The van der Waals surface area contributed by atoms with Crippen molar-refractivity contribution in [1.29, 1.82) is 0 Å². The van der Waals surface area contributed by atoms with E-state index in [9.17, 15) is 46.7 Å². The number of allylic oxidation sites excluding steroid dienone is 1. The van der Waals surface area contributed by atoms with Crippen molar-refractivity contribution in [3.05, 3.63) is 77.1 Å². The number of carbonyl (C=O) groups excluding carboxylic acids is 5. The van der Waals surface area contributed by atoms with Crippen LogP contribution >= 0.6 is 0 Å². The second kappa shape index (κ2) is 16.1. The number of sulfonamides is 1. The van der Waals surface area contributed by atoms with E-state index in [-0.39, 0.29) is 49.4 Å². The molecule has 3 aliphatic heterocycles. The standard InChI is InChI=1S/C39H46FN5O11S/c1-38(2,3)56-36(51)41-30-13-8-6-4-5-7-11-25-19-39(25,35(50)43-57(53,54)27-16-14-23(15-17-27)34(48)49)42-32(46)31-18-26(21-45(31)33(30)47)55-37(52)44-20-24-10-9-12-29(40)28(24)22-44/h7,9-12,14-17,25-26,30-31H,4-6,8,13,18-22H2,1-3H3,(H,41,51)(H,42,46)(H,43,50)(H,48,49)/b11-7-/t25-,26-,30+,31?,39-/m1/s1. The number of ether oxygens (including phenoxy) is 2. The third-order valence-electron chi connectivity index (χ3n) is 10.4. The molecule has 18 heteroatoms. The molecule has 3 heterocycles. The summed E-state index contributed by atoms with van der Waals surface area (Å²) in [6, 6.07) is 6.31. The van der Waals surface area contributed by atoms with Crippen LogP contribution in [0.2, 0.25) is 0 Å². The lowest BCUT2D eigenvalue weighted by Gasteiger charge is -2.30. The summed E-state index contributed by atoms with van der Waals surface area (Å²) in [5.74, 6) is -4.86. The van der Waals surface area contributed by atoms with Gasteiger partial charge in [0.05, 0.1) is 23.5 Å². The number of rotatable bonds is 6. The fraction of sp³-hybridized carbons (Fsp3) is 0.487. The van der Waals surface area contributed by atoms with E-state index in [1.165, 1.54) is 15.9 Å². The summed E-state index contributed by atoms with van der Waals surface area (Å²) in [4.78, 5) is 82.4. The molecule has 0 spiro atoms. The lowest BCUT2D eigenvalue weighted by molar-refractivity contribution is -0.141. The van der Waals surface area contributed by atoms with E-state index in [1.807, 2.05) is 10.8 Å². The molecule has 16 nitrogen and oxygen atoms in total. The van der Waals surface area contributed by atoms with Crippen molar-refractivity contribution < 1.29 is 56.2 Å². The van der Waals surface area contributed by atoms with Crippen molar-refractivity contribution >= 4 is 45.9 Å². The minimum Gasteiger partial charge on any atom is -0.478 e. The molecule has 5 amide bonds. The molecule has 1 saturated carbocycles. The largest absolute Gasteiger partial charge is 0.478 e. The van der Waals surface area contributed by atoms with E-state index in [0.717, 1.165) is 24.3 Å². The molecule has 2 fully saturated rings. The van der Waals surface area contributed by atoms with Crippen LogP contribution in [0.1, 0.15) is 87.2 Å². The second-order valence-electron chi connectivity index (χ2n) is 15.8. The highest BCUT2D eigenvalue weighted by atomic mass is 32.2. The molecule has 4 N–H and O–H groups in total. The molecule has 6 rings (SSSR count). The van der Waals surface area contributed by atoms with Gasteiger partial charge in [-0.05, 0) is 82.3 Å². The highest BCUT2D eigenvalue weighted by Crippen LogP contribution is 2.46. The van der Waals surface area contributed by atoms with Crippen LogP contribution in [0, 0.1) is 11.7 Å². The zero-order chi connectivity index (χ0) is 41.3. The molecule has 1 aliphatic carbocycles. The molecule has 1 unspecified atom stereocenters. The van der Waals surface area contributed by atoms with Gasteiger partial charge in [-0.3, -0.25) is 19.3 Å². The molecule has 0 radical (unpaired) electrons. The number of carboxylic acids is 1. The fourth-order valence-electron chi connectivity index (χ4n) is 7.39. The van der Waals surface area contributed by atoms with Crippen molar-refractivity contribution in [2.24, 2.45) is 5.92 Å². The monoisotopic (exact) mass is 811 g/mol. The Morgan fingerprint density at radius 2 is 1.75 bits per heavy atom. The van der Waals surface area contributed by atoms with Gasteiger partial charge in [0.1, 0.15) is 35.1 Å². The maximum Gasteiger partial charge on any atom is 0.410 e. The third-order valence-corrected chi connectivity index (χ3v) is 11.8. The Morgan fingerprint density at radius 3 is 2.44 bits per heavy atom. The first-order valence-corrected chi connectivity index (χ1v) is 20.3. The van der Waals surface area contributed by atoms with Crippen LogP contribution in [0.15, 0.2) is 59.5 Å². The Labute approximate surface area is 329 Å². The topological polar surface area (TPSA) is 218 Å². The Kier molecular flexibility index (Phi) is 11.7.